The number of nitrogens with two attached hydrogens (primary N) is 1. The highest BCUT2D eigenvalue weighted by molar-refractivity contribution is 7.90. The zero-order valence-corrected chi connectivity index (χ0v) is 20.9. The Balaban J connectivity index is 1.29. The summed E-state index contributed by atoms with van der Waals surface area (Å²) in [6.45, 7) is 1.46. The molecular formula is C24H29N7O4S. The van der Waals surface area contributed by atoms with E-state index in [1.54, 1.807) is 36.2 Å². The van der Waals surface area contributed by atoms with Gasteiger partial charge in [-0.15, -0.1) is 0 Å². The van der Waals surface area contributed by atoms with E-state index in [0.717, 1.165) is 5.56 Å². The molecule has 190 valence electrons. The van der Waals surface area contributed by atoms with Crippen molar-refractivity contribution in [2.24, 2.45) is 12.8 Å². The van der Waals surface area contributed by atoms with Crippen molar-refractivity contribution >= 4 is 21.8 Å². The maximum Gasteiger partial charge on any atom is 0.272 e. The number of carbonyl (C=O) groups is 2. The molecule has 3 N–H and O–H groups in total. The van der Waals surface area contributed by atoms with Gasteiger partial charge in [-0.05, 0) is 43.4 Å². The lowest BCUT2D eigenvalue weighted by Crippen LogP contribution is -2.49. The predicted octanol–water partition coefficient (Wildman–Crippen LogP) is 0.115. The molecule has 3 heterocycles. The molecular weight excluding hydrogens is 482 g/mol. The molecule has 0 spiro atoms. The van der Waals surface area contributed by atoms with E-state index in [-0.39, 0.29) is 36.6 Å². The molecule has 2 aromatic rings. The van der Waals surface area contributed by atoms with E-state index in [9.17, 15) is 18.0 Å². The third-order valence-corrected chi connectivity index (χ3v) is 10.0. The molecule has 1 saturated heterocycles. The molecule has 3 aliphatic rings. The zero-order valence-electron chi connectivity index (χ0n) is 20.1. The number of nitrogens with one attached hydrogen (secondary N) is 1. The summed E-state index contributed by atoms with van der Waals surface area (Å²) in [5.74, 6) is -0.693. The Morgan fingerprint density at radius 1 is 1.28 bits per heavy atom. The normalized spacial score (nSPS) is 21.2. The molecule has 0 bridgehead atoms. The second-order valence-corrected chi connectivity index (χ2v) is 12.2. The molecule has 1 aliphatic carbocycles. The molecule has 0 radical (unpaired) electrons. The van der Waals surface area contributed by atoms with Gasteiger partial charge in [0.25, 0.3) is 11.8 Å². The van der Waals surface area contributed by atoms with Gasteiger partial charge in [0, 0.05) is 51.4 Å². The average molecular weight is 512 g/mol. The van der Waals surface area contributed by atoms with Crippen molar-refractivity contribution in [1.82, 2.24) is 24.3 Å². The van der Waals surface area contributed by atoms with E-state index in [1.807, 2.05) is 0 Å². The lowest BCUT2D eigenvalue weighted by atomic mass is 10.0. The van der Waals surface area contributed by atoms with E-state index in [1.165, 1.54) is 8.99 Å². The maximum absolute atomic E-state index is 13.4. The molecule has 11 nitrogen and oxygen atoms in total. The monoisotopic (exact) mass is 511 g/mol. The first-order chi connectivity index (χ1) is 17.1. The Hall–Kier alpha value is -3.27. The summed E-state index contributed by atoms with van der Waals surface area (Å²) in [6.07, 6.45) is 2.10. The minimum atomic E-state index is -3.56. The van der Waals surface area contributed by atoms with Crippen molar-refractivity contribution in [3.8, 4) is 6.07 Å². The van der Waals surface area contributed by atoms with Crippen LogP contribution in [0.25, 0.3) is 0 Å². The van der Waals surface area contributed by atoms with Crippen LogP contribution in [0.3, 0.4) is 0 Å². The lowest BCUT2D eigenvalue weighted by Gasteiger charge is -2.32. The van der Waals surface area contributed by atoms with Gasteiger partial charge in [0.2, 0.25) is 10.0 Å². The molecule has 5 rings (SSSR count). The number of nitrogens with zero attached hydrogens (tertiary/aromatic N) is 5. The second kappa shape index (κ2) is 8.99. The number of sulfonamides is 1. The number of carbonyl (C=O) groups excluding carboxylic acids is 2. The number of fused-ring (bicyclic) bond motifs is 1. The Labute approximate surface area is 209 Å². The number of nitriles is 1. The van der Waals surface area contributed by atoms with Crippen molar-refractivity contribution in [3.63, 3.8) is 0 Å². The Bertz CT molecular complexity index is 1360. The molecule has 2 fully saturated rings. The smallest absolute Gasteiger partial charge is 0.272 e. The fraction of sp³-hybridized carbons (Fsp3) is 0.500. The van der Waals surface area contributed by atoms with Crippen LogP contribution in [0.2, 0.25) is 0 Å². The van der Waals surface area contributed by atoms with Crippen molar-refractivity contribution < 1.29 is 18.0 Å². The first-order valence-electron chi connectivity index (χ1n) is 12.0. The van der Waals surface area contributed by atoms with Crippen LogP contribution < -0.4 is 11.1 Å². The van der Waals surface area contributed by atoms with Gasteiger partial charge in [-0.2, -0.15) is 14.7 Å². The summed E-state index contributed by atoms with van der Waals surface area (Å²) in [7, 11) is -1.94. The fourth-order valence-corrected chi connectivity index (χ4v) is 7.32. The van der Waals surface area contributed by atoms with Crippen molar-refractivity contribution in [2.75, 3.05) is 26.2 Å². The standard InChI is InChI=1S/C24H29N7O4S/c1-29-21-19(20(28-29)22(32)27-13-17-4-2-16(12-25)3-5-17)7-10-30(23(21)33)15-24(8-9-24)36(34,35)31-11-6-18(26)14-31/h2-5,18H,6-11,13-15,26H2,1H3,(H,27,32)/t18-/m0/s1. The molecule has 12 heteroatoms. The van der Waals surface area contributed by atoms with Gasteiger partial charge < -0.3 is 16.0 Å². The number of aromatic nitrogens is 2. The Morgan fingerprint density at radius 3 is 2.61 bits per heavy atom. The van der Waals surface area contributed by atoms with Crippen LogP contribution in [0.1, 0.15) is 56.9 Å². The van der Waals surface area contributed by atoms with Crippen molar-refractivity contribution in [2.45, 2.75) is 43.0 Å². The number of benzene rings is 1. The highest BCUT2D eigenvalue weighted by atomic mass is 32.2. The number of aryl methyl sites for hydroxylation is 1. The van der Waals surface area contributed by atoms with Crippen LogP contribution >= 0.6 is 0 Å². The van der Waals surface area contributed by atoms with Gasteiger partial charge in [0.05, 0.1) is 11.6 Å². The van der Waals surface area contributed by atoms with E-state index in [4.69, 9.17) is 11.0 Å². The summed E-state index contributed by atoms with van der Waals surface area (Å²) in [4.78, 5) is 27.9. The number of hydrogen-bond acceptors (Lipinski definition) is 7. The van der Waals surface area contributed by atoms with Crippen LogP contribution in [0, 0.1) is 11.3 Å². The zero-order chi connectivity index (χ0) is 25.7. The first-order valence-corrected chi connectivity index (χ1v) is 13.5. The summed E-state index contributed by atoms with van der Waals surface area (Å²) in [5.41, 5.74) is 8.41. The first kappa shape index (κ1) is 24.4. The van der Waals surface area contributed by atoms with Gasteiger partial charge in [-0.3, -0.25) is 14.3 Å². The highest BCUT2D eigenvalue weighted by Crippen LogP contribution is 2.47. The maximum atomic E-state index is 13.4. The van der Waals surface area contributed by atoms with Crippen LogP contribution in [0.4, 0.5) is 0 Å². The minimum Gasteiger partial charge on any atom is -0.347 e. The van der Waals surface area contributed by atoms with Gasteiger partial charge in [0.1, 0.15) is 10.4 Å². The molecule has 36 heavy (non-hydrogen) atoms. The Morgan fingerprint density at radius 2 is 2.00 bits per heavy atom. The van der Waals surface area contributed by atoms with Gasteiger partial charge >= 0.3 is 0 Å². The molecule has 1 aromatic carbocycles. The van der Waals surface area contributed by atoms with Gasteiger partial charge in [0.15, 0.2) is 5.69 Å². The fourth-order valence-electron chi connectivity index (χ4n) is 5.10. The molecule has 0 unspecified atom stereocenters. The SMILES string of the molecule is Cn1nc(C(=O)NCc2ccc(C#N)cc2)c2c1C(=O)N(CC1(S(=O)(=O)N3CC[C@H](N)C3)CC1)CC2. The largest absolute Gasteiger partial charge is 0.347 e. The number of rotatable bonds is 7. The van der Waals surface area contributed by atoms with Crippen LogP contribution in [-0.2, 0) is 30.0 Å². The van der Waals surface area contributed by atoms with E-state index in [2.05, 4.69) is 16.5 Å². The molecule has 1 aromatic heterocycles. The predicted molar refractivity (Wildman–Crippen MR) is 130 cm³/mol. The van der Waals surface area contributed by atoms with Gasteiger partial charge in [-0.1, -0.05) is 12.1 Å². The molecule has 2 amide bonds. The summed E-state index contributed by atoms with van der Waals surface area (Å²) in [5, 5.41) is 16.1. The van der Waals surface area contributed by atoms with Crippen molar-refractivity contribution in [1.29, 1.82) is 5.26 Å². The second-order valence-electron chi connectivity index (χ2n) is 9.86. The van der Waals surface area contributed by atoms with E-state index < -0.39 is 14.8 Å². The Kier molecular flexibility index (Phi) is 6.10. The number of hydrogen-bond donors (Lipinski definition) is 2. The summed E-state index contributed by atoms with van der Waals surface area (Å²) >= 11 is 0. The topological polar surface area (TPSA) is 154 Å². The van der Waals surface area contributed by atoms with Gasteiger partial charge in [-0.25, -0.2) is 8.42 Å². The minimum absolute atomic E-state index is 0.130. The van der Waals surface area contributed by atoms with Crippen LogP contribution in [0.5, 0.6) is 0 Å². The third-order valence-electron chi connectivity index (χ3n) is 7.38. The quantitative estimate of drug-likeness (QED) is 0.535. The van der Waals surface area contributed by atoms with Crippen LogP contribution in [0.15, 0.2) is 24.3 Å². The summed E-state index contributed by atoms with van der Waals surface area (Å²) in [6, 6.07) is 8.81. The highest BCUT2D eigenvalue weighted by Gasteiger charge is 2.59. The summed E-state index contributed by atoms with van der Waals surface area (Å²) < 4.78 is 28.6. The number of amides is 2. The molecule has 1 atom stereocenters. The molecule has 2 aliphatic heterocycles. The third kappa shape index (κ3) is 4.17. The van der Waals surface area contributed by atoms with Crippen molar-refractivity contribution in [3.05, 3.63) is 52.3 Å². The lowest BCUT2D eigenvalue weighted by molar-refractivity contribution is 0.0723. The van der Waals surface area contributed by atoms with E-state index >= 15 is 0 Å². The average Bonchev–Trinajstić information content (AvgIpc) is 3.40. The van der Waals surface area contributed by atoms with E-state index in [0.29, 0.717) is 62.1 Å². The van der Waals surface area contributed by atoms with Crippen LogP contribution in [-0.4, -0.2) is 76.2 Å². The molecule has 1 saturated carbocycles.